The summed E-state index contributed by atoms with van der Waals surface area (Å²) in [5.74, 6) is 0.656. The molecule has 0 aliphatic heterocycles. The second kappa shape index (κ2) is 4.08. The van der Waals surface area contributed by atoms with Gasteiger partial charge in [0.05, 0.1) is 17.8 Å². The SMILES string of the molecule is COc1ccc(-c2csc(N)n2)cc1Cl. The number of nitrogens with zero attached hydrogens (tertiary/aromatic N) is 1. The first-order chi connectivity index (χ1) is 7.20. The highest BCUT2D eigenvalue weighted by Crippen LogP contribution is 2.30. The number of benzene rings is 1. The first kappa shape index (κ1) is 10.3. The van der Waals surface area contributed by atoms with Crippen LogP contribution in [0, 0.1) is 0 Å². The Morgan fingerprint density at radius 2 is 2.27 bits per heavy atom. The van der Waals surface area contributed by atoms with Crippen molar-refractivity contribution in [1.82, 2.24) is 4.98 Å². The van der Waals surface area contributed by atoms with Crippen LogP contribution in [0.1, 0.15) is 0 Å². The van der Waals surface area contributed by atoms with Crippen LogP contribution in [0.3, 0.4) is 0 Å². The van der Waals surface area contributed by atoms with Crippen molar-refractivity contribution in [2.75, 3.05) is 12.8 Å². The van der Waals surface area contributed by atoms with Gasteiger partial charge < -0.3 is 10.5 Å². The van der Waals surface area contributed by atoms with Crippen molar-refractivity contribution >= 4 is 28.1 Å². The van der Waals surface area contributed by atoms with Gasteiger partial charge in [-0.15, -0.1) is 11.3 Å². The lowest BCUT2D eigenvalue weighted by molar-refractivity contribution is 0.415. The summed E-state index contributed by atoms with van der Waals surface area (Å²) in [6.45, 7) is 0. The maximum atomic E-state index is 6.01. The summed E-state index contributed by atoms with van der Waals surface area (Å²) in [6, 6.07) is 5.53. The van der Waals surface area contributed by atoms with Crippen molar-refractivity contribution in [2.24, 2.45) is 0 Å². The van der Waals surface area contributed by atoms with E-state index in [1.54, 1.807) is 7.11 Å². The fraction of sp³-hybridized carbons (Fsp3) is 0.100. The van der Waals surface area contributed by atoms with E-state index in [1.165, 1.54) is 11.3 Å². The number of thiazole rings is 1. The van der Waals surface area contributed by atoms with Crippen molar-refractivity contribution in [3.8, 4) is 17.0 Å². The van der Waals surface area contributed by atoms with Gasteiger partial charge in [-0.3, -0.25) is 0 Å². The zero-order chi connectivity index (χ0) is 10.8. The molecule has 1 aromatic heterocycles. The maximum absolute atomic E-state index is 6.01. The Labute approximate surface area is 96.5 Å². The molecule has 0 aliphatic rings. The minimum absolute atomic E-state index is 0.553. The Morgan fingerprint density at radius 3 is 2.80 bits per heavy atom. The number of ether oxygens (including phenoxy) is 1. The molecule has 0 amide bonds. The lowest BCUT2D eigenvalue weighted by atomic mass is 10.2. The summed E-state index contributed by atoms with van der Waals surface area (Å²) in [7, 11) is 1.59. The molecule has 0 saturated heterocycles. The average molecular weight is 241 g/mol. The van der Waals surface area contributed by atoms with E-state index >= 15 is 0 Å². The predicted molar refractivity (Wildman–Crippen MR) is 63.5 cm³/mol. The molecule has 0 saturated carbocycles. The lowest BCUT2D eigenvalue weighted by Gasteiger charge is -2.03. The molecule has 2 rings (SSSR count). The molecule has 0 radical (unpaired) electrons. The summed E-state index contributed by atoms with van der Waals surface area (Å²) < 4.78 is 5.07. The first-order valence-electron chi connectivity index (χ1n) is 4.25. The number of anilines is 1. The Balaban J connectivity index is 2.42. The molecular weight excluding hydrogens is 232 g/mol. The molecule has 0 spiro atoms. The number of nitrogens with two attached hydrogens (primary N) is 1. The van der Waals surface area contributed by atoms with Crippen molar-refractivity contribution in [3.05, 3.63) is 28.6 Å². The molecule has 1 heterocycles. The molecular formula is C10H9ClN2OS. The van der Waals surface area contributed by atoms with E-state index in [9.17, 15) is 0 Å². The van der Waals surface area contributed by atoms with Crippen molar-refractivity contribution < 1.29 is 4.74 Å². The molecule has 2 aromatic rings. The van der Waals surface area contributed by atoms with Gasteiger partial charge in [0.1, 0.15) is 5.75 Å². The minimum atomic E-state index is 0.553. The van der Waals surface area contributed by atoms with E-state index < -0.39 is 0 Å². The van der Waals surface area contributed by atoms with Gasteiger partial charge in [0.15, 0.2) is 5.13 Å². The van der Waals surface area contributed by atoms with Crippen LogP contribution in [0.25, 0.3) is 11.3 Å². The van der Waals surface area contributed by atoms with Gasteiger partial charge in [-0.05, 0) is 18.2 Å². The zero-order valence-corrected chi connectivity index (χ0v) is 9.60. The van der Waals surface area contributed by atoms with Crippen LogP contribution in [0.15, 0.2) is 23.6 Å². The Morgan fingerprint density at radius 1 is 1.47 bits per heavy atom. The number of methoxy groups -OCH3 is 1. The molecule has 0 fully saturated rings. The van der Waals surface area contributed by atoms with Gasteiger partial charge >= 0.3 is 0 Å². The second-order valence-electron chi connectivity index (χ2n) is 2.92. The molecule has 0 aliphatic carbocycles. The largest absolute Gasteiger partial charge is 0.495 e. The molecule has 2 N–H and O–H groups in total. The molecule has 0 atom stereocenters. The van der Waals surface area contributed by atoms with Crippen LogP contribution in [0.4, 0.5) is 5.13 Å². The highest BCUT2D eigenvalue weighted by atomic mass is 35.5. The van der Waals surface area contributed by atoms with E-state index in [2.05, 4.69) is 4.98 Å². The number of hydrogen-bond acceptors (Lipinski definition) is 4. The molecule has 0 bridgehead atoms. The molecule has 5 heteroatoms. The van der Waals surface area contributed by atoms with E-state index in [-0.39, 0.29) is 0 Å². The second-order valence-corrected chi connectivity index (χ2v) is 4.22. The summed E-state index contributed by atoms with van der Waals surface area (Å²) >= 11 is 7.41. The van der Waals surface area contributed by atoms with E-state index in [0.29, 0.717) is 15.9 Å². The van der Waals surface area contributed by atoms with Gasteiger partial charge in [0, 0.05) is 10.9 Å². The third-order valence-electron chi connectivity index (χ3n) is 1.97. The van der Waals surface area contributed by atoms with Crippen LogP contribution in [-0.2, 0) is 0 Å². The number of hydrogen-bond donors (Lipinski definition) is 1. The molecule has 3 nitrogen and oxygen atoms in total. The van der Waals surface area contributed by atoms with Crippen LogP contribution in [-0.4, -0.2) is 12.1 Å². The number of halogens is 1. The quantitative estimate of drug-likeness (QED) is 0.878. The van der Waals surface area contributed by atoms with Crippen molar-refractivity contribution in [3.63, 3.8) is 0 Å². The third kappa shape index (κ3) is 2.06. The molecule has 0 unspecified atom stereocenters. The Kier molecular flexibility index (Phi) is 2.79. The monoisotopic (exact) mass is 240 g/mol. The van der Waals surface area contributed by atoms with E-state index in [4.69, 9.17) is 22.1 Å². The molecule has 1 aromatic carbocycles. The highest BCUT2D eigenvalue weighted by Gasteiger charge is 2.06. The lowest BCUT2D eigenvalue weighted by Crippen LogP contribution is -1.86. The summed E-state index contributed by atoms with van der Waals surface area (Å²) in [6.07, 6.45) is 0. The summed E-state index contributed by atoms with van der Waals surface area (Å²) in [5, 5.41) is 3.02. The molecule has 15 heavy (non-hydrogen) atoms. The van der Waals surface area contributed by atoms with Gasteiger partial charge in [0.25, 0.3) is 0 Å². The standard InChI is InChI=1S/C10H9ClN2OS/c1-14-9-3-2-6(4-7(9)11)8-5-15-10(12)13-8/h2-5H,1H3,(H2,12,13). The van der Waals surface area contributed by atoms with E-state index in [1.807, 2.05) is 23.6 Å². The number of rotatable bonds is 2. The number of aromatic nitrogens is 1. The normalized spacial score (nSPS) is 10.3. The smallest absolute Gasteiger partial charge is 0.180 e. The highest BCUT2D eigenvalue weighted by molar-refractivity contribution is 7.13. The minimum Gasteiger partial charge on any atom is -0.495 e. The van der Waals surface area contributed by atoms with Gasteiger partial charge in [0.2, 0.25) is 0 Å². The maximum Gasteiger partial charge on any atom is 0.180 e. The number of nitrogen functional groups attached to an aromatic ring is 1. The fourth-order valence-electron chi connectivity index (χ4n) is 1.25. The third-order valence-corrected chi connectivity index (χ3v) is 2.94. The Bertz CT molecular complexity index is 484. The van der Waals surface area contributed by atoms with Crippen LogP contribution in [0.5, 0.6) is 5.75 Å². The van der Waals surface area contributed by atoms with Crippen molar-refractivity contribution in [1.29, 1.82) is 0 Å². The Hall–Kier alpha value is -1.26. The van der Waals surface area contributed by atoms with Gasteiger partial charge in [-0.2, -0.15) is 0 Å². The first-order valence-corrected chi connectivity index (χ1v) is 5.51. The zero-order valence-electron chi connectivity index (χ0n) is 8.03. The summed E-state index contributed by atoms with van der Waals surface area (Å²) in [5.41, 5.74) is 7.33. The van der Waals surface area contributed by atoms with Crippen LogP contribution >= 0.6 is 22.9 Å². The van der Waals surface area contributed by atoms with Gasteiger partial charge in [-0.25, -0.2) is 4.98 Å². The van der Waals surface area contributed by atoms with Crippen LogP contribution < -0.4 is 10.5 Å². The molecule has 78 valence electrons. The van der Waals surface area contributed by atoms with Crippen molar-refractivity contribution in [2.45, 2.75) is 0 Å². The van der Waals surface area contributed by atoms with E-state index in [0.717, 1.165) is 11.3 Å². The van der Waals surface area contributed by atoms with Gasteiger partial charge in [-0.1, -0.05) is 11.6 Å². The predicted octanol–water partition coefficient (Wildman–Crippen LogP) is 3.05. The summed E-state index contributed by atoms with van der Waals surface area (Å²) in [4.78, 5) is 4.17. The fourth-order valence-corrected chi connectivity index (χ4v) is 2.08. The van der Waals surface area contributed by atoms with Crippen LogP contribution in [0.2, 0.25) is 5.02 Å². The topological polar surface area (TPSA) is 48.1 Å². The average Bonchev–Trinajstić information content (AvgIpc) is 2.65.